The lowest BCUT2D eigenvalue weighted by atomic mass is 10.1. The quantitative estimate of drug-likeness (QED) is 0.348. The molecule has 0 aliphatic carbocycles. The third-order valence-electron chi connectivity index (χ3n) is 6.07. The number of nitrogens with zero attached hydrogens (tertiary/aromatic N) is 4. The van der Waals surface area contributed by atoms with Gasteiger partial charge < -0.3 is 15.0 Å². The monoisotopic (exact) mass is 515 g/mol. The lowest BCUT2D eigenvalue weighted by Crippen LogP contribution is -2.57. The Bertz CT molecular complexity index is 1310. The van der Waals surface area contributed by atoms with Crippen molar-refractivity contribution in [2.75, 3.05) is 25.1 Å². The average molecular weight is 516 g/mol. The Labute approximate surface area is 211 Å². The van der Waals surface area contributed by atoms with Gasteiger partial charge in [-0.25, -0.2) is 4.98 Å². The predicted octanol–water partition coefficient (Wildman–Crippen LogP) is 1.56. The highest BCUT2D eigenvalue weighted by molar-refractivity contribution is 8.26. The summed E-state index contributed by atoms with van der Waals surface area (Å²) in [5.41, 5.74) is 0.115. The largest absolute Gasteiger partial charge is 0.469 e. The summed E-state index contributed by atoms with van der Waals surface area (Å²) in [7, 11) is 1.25. The molecule has 184 valence electrons. The first-order valence-electron chi connectivity index (χ1n) is 11.2. The molecule has 2 saturated heterocycles. The number of pyridine rings is 1. The first-order valence-corrected chi connectivity index (χ1v) is 12.4. The van der Waals surface area contributed by atoms with E-state index < -0.39 is 17.6 Å². The topological polar surface area (TPSA) is 113 Å². The maximum atomic E-state index is 13.6. The summed E-state index contributed by atoms with van der Waals surface area (Å²) in [4.78, 5) is 59.7. The van der Waals surface area contributed by atoms with Gasteiger partial charge in [0.1, 0.15) is 21.8 Å². The second-order valence-corrected chi connectivity index (χ2v) is 9.85. The van der Waals surface area contributed by atoms with E-state index in [2.05, 4.69) is 10.3 Å². The Balaban J connectivity index is 1.89. The van der Waals surface area contributed by atoms with E-state index in [1.807, 2.05) is 13.8 Å². The Morgan fingerprint density at radius 2 is 2.14 bits per heavy atom. The number of ether oxygens (including phenoxy) is 1. The summed E-state index contributed by atoms with van der Waals surface area (Å²) < 4.78 is 6.58. The zero-order chi connectivity index (χ0) is 25.3. The number of rotatable bonds is 6. The molecule has 10 nitrogen and oxygen atoms in total. The number of thiocarbonyl (C=S) groups is 1. The molecule has 4 rings (SSSR count). The minimum absolute atomic E-state index is 0.0843. The lowest BCUT2D eigenvalue weighted by molar-refractivity contribution is -0.143. The van der Waals surface area contributed by atoms with E-state index in [0.29, 0.717) is 28.0 Å². The number of hydrogen-bond donors (Lipinski definition) is 1. The van der Waals surface area contributed by atoms with Crippen molar-refractivity contribution < 1.29 is 19.1 Å². The highest BCUT2D eigenvalue weighted by Gasteiger charge is 2.37. The smallest absolute Gasteiger partial charge is 0.308 e. The number of piperazine rings is 1. The summed E-state index contributed by atoms with van der Waals surface area (Å²) >= 11 is 6.56. The van der Waals surface area contributed by atoms with Gasteiger partial charge in [0.15, 0.2) is 0 Å². The number of nitrogens with one attached hydrogen (secondary N) is 1. The zero-order valence-electron chi connectivity index (χ0n) is 19.5. The van der Waals surface area contributed by atoms with Gasteiger partial charge in [0.2, 0.25) is 5.91 Å². The van der Waals surface area contributed by atoms with Gasteiger partial charge in [-0.3, -0.25) is 28.5 Å². The van der Waals surface area contributed by atoms with Crippen LogP contribution in [0.4, 0.5) is 5.82 Å². The van der Waals surface area contributed by atoms with E-state index >= 15 is 0 Å². The second kappa shape index (κ2) is 10.2. The minimum Gasteiger partial charge on any atom is -0.469 e. The van der Waals surface area contributed by atoms with Crippen molar-refractivity contribution in [1.29, 1.82) is 0 Å². The van der Waals surface area contributed by atoms with Crippen molar-refractivity contribution in [2.24, 2.45) is 0 Å². The van der Waals surface area contributed by atoms with Gasteiger partial charge in [0, 0.05) is 25.3 Å². The molecule has 0 saturated carbocycles. The molecule has 1 N–H and O–H groups in total. The summed E-state index contributed by atoms with van der Waals surface area (Å²) in [6.45, 7) is 4.50. The lowest BCUT2D eigenvalue weighted by Gasteiger charge is -2.36. The fraction of sp³-hybridized carbons (Fsp3) is 0.391. The van der Waals surface area contributed by atoms with Gasteiger partial charge in [0.05, 0.1) is 24.0 Å². The molecule has 2 amide bonds. The maximum Gasteiger partial charge on any atom is 0.308 e. The van der Waals surface area contributed by atoms with Gasteiger partial charge in [-0.2, -0.15) is 0 Å². The van der Waals surface area contributed by atoms with Gasteiger partial charge in [-0.05, 0) is 31.6 Å². The molecule has 2 aromatic heterocycles. The van der Waals surface area contributed by atoms with Crippen LogP contribution in [-0.4, -0.2) is 68.7 Å². The van der Waals surface area contributed by atoms with Crippen LogP contribution in [0.5, 0.6) is 0 Å². The van der Waals surface area contributed by atoms with E-state index in [4.69, 9.17) is 17.0 Å². The summed E-state index contributed by atoms with van der Waals surface area (Å²) in [6.07, 6.45) is 3.59. The highest BCUT2D eigenvalue weighted by Crippen LogP contribution is 2.35. The van der Waals surface area contributed by atoms with E-state index in [0.717, 1.165) is 18.2 Å². The minimum atomic E-state index is -0.920. The Morgan fingerprint density at radius 1 is 1.37 bits per heavy atom. The second-order valence-electron chi connectivity index (χ2n) is 8.17. The molecular formula is C23H25N5O5S2. The number of hydrogen-bond acceptors (Lipinski definition) is 9. The van der Waals surface area contributed by atoms with Crippen LogP contribution in [0, 0.1) is 0 Å². The molecule has 2 aromatic rings. The molecule has 0 aromatic carbocycles. The van der Waals surface area contributed by atoms with Gasteiger partial charge in [0.25, 0.3) is 11.5 Å². The van der Waals surface area contributed by atoms with Crippen molar-refractivity contribution in [2.45, 2.75) is 38.8 Å². The van der Waals surface area contributed by atoms with E-state index in [1.165, 1.54) is 17.6 Å². The molecule has 2 aliphatic rings. The first kappa shape index (κ1) is 24.9. The van der Waals surface area contributed by atoms with Crippen LogP contribution >= 0.6 is 24.0 Å². The van der Waals surface area contributed by atoms with Crippen molar-refractivity contribution in [3.8, 4) is 0 Å². The van der Waals surface area contributed by atoms with Crippen LogP contribution in [0.15, 0.2) is 34.1 Å². The number of amides is 2. The molecule has 0 spiro atoms. The van der Waals surface area contributed by atoms with Gasteiger partial charge >= 0.3 is 5.97 Å². The number of carbonyl (C=O) groups is 3. The van der Waals surface area contributed by atoms with E-state index in [1.54, 1.807) is 34.2 Å². The van der Waals surface area contributed by atoms with Crippen molar-refractivity contribution in [1.82, 2.24) is 19.6 Å². The third-order valence-corrected chi connectivity index (χ3v) is 7.40. The number of anilines is 1. The van der Waals surface area contributed by atoms with E-state index in [-0.39, 0.29) is 35.7 Å². The van der Waals surface area contributed by atoms with Crippen LogP contribution in [0.2, 0.25) is 0 Å². The number of esters is 1. The fourth-order valence-corrected chi connectivity index (χ4v) is 5.47. The molecule has 2 atom stereocenters. The number of fused-ring (bicyclic) bond motifs is 1. The Kier molecular flexibility index (Phi) is 7.22. The number of methoxy groups -OCH3 is 1. The predicted molar refractivity (Wildman–Crippen MR) is 137 cm³/mol. The normalized spacial score (nSPS) is 20.5. The maximum absolute atomic E-state index is 13.6. The molecule has 2 unspecified atom stereocenters. The Hall–Kier alpha value is -3.25. The highest BCUT2D eigenvalue weighted by atomic mass is 32.2. The fourth-order valence-electron chi connectivity index (χ4n) is 4.02. The van der Waals surface area contributed by atoms with Crippen molar-refractivity contribution in [3.63, 3.8) is 0 Å². The zero-order valence-corrected chi connectivity index (χ0v) is 21.1. The molecule has 35 heavy (non-hydrogen) atoms. The standard InChI is InChI=1S/C23H25N5O5S2/c1-4-13(2)28-22(32)16(35-23(28)34)11-14-19(25-17-7-5-6-9-27(17)21(14)31)26-10-8-24-20(30)15(26)12-18(29)33-3/h5-7,9,11,13,15H,4,8,10,12H2,1-3H3,(H,24,30). The van der Waals surface area contributed by atoms with E-state index in [9.17, 15) is 19.2 Å². The Morgan fingerprint density at radius 3 is 2.86 bits per heavy atom. The van der Waals surface area contributed by atoms with Crippen molar-refractivity contribution >= 4 is 63.6 Å². The molecule has 2 aliphatic heterocycles. The molecule has 0 bridgehead atoms. The van der Waals surface area contributed by atoms with Crippen LogP contribution in [0.3, 0.4) is 0 Å². The molecular weight excluding hydrogens is 490 g/mol. The molecule has 0 radical (unpaired) electrons. The number of aromatic nitrogens is 2. The summed E-state index contributed by atoms with van der Waals surface area (Å²) in [5, 5.41) is 2.75. The van der Waals surface area contributed by atoms with Crippen LogP contribution in [0.25, 0.3) is 11.7 Å². The van der Waals surface area contributed by atoms with Crippen LogP contribution in [-0.2, 0) is 19.1 Å². The summed E-state index contributed by atoms with van der Waals surface area (Å²) in [6, 6.07) is 4.12. The molecule has 4 heterocycles. The van der Waals surface area contributed by atoms with Crippen molar-refractivity contribution in [3.05, 3.63) is 45.2 Å². The van der Waals surface area contributed by atoms with Crippen LogP contribution < -0.4 is 15.8 Å². The first-order chi connectivity index (χ1) is 16.8. The molecule has 2 fully saturated rings. The third kappa shape index (κ3) is 4.67. The molecule has 12 heteroatoms. The van der Waals surface area contributed by atoms with Crippen LogP contribution in [0.1, 0.15) is 32.3 Å². The number of thioether (sulfide) groups is 1. The average Bonchev–Trinajstić information content (AvgIpc) is 3.14. The number of carbonyl (C=O) groups excluding carboxylic acids is 3. The van der Waals surface area contributed by atoms with Gasteiger partial charge in [-0.15, -0.1) is 0 Å². The SMILES string of the molecule is CCC(C)N1C(=O)C(=Cc2c(N3CCNC(=O)C3CC(=O)OC)nc3ccccn3c2=O)SC1=S. The summed E-state index contributed by atoms with van der Waals surface area (Å²) in [5.74, 6) is -0.990. The van der Waals surface area contributed by atoms with Gasteiger partial charge in [-0.1, -0.05) is 37.0 Å².